The molecule has 3 rings (SSSR count). The maximum atomic E-state index is 12.3. The Hall–Kier alpha value is -2.66. The van der Waals surface area contributed by atoms with E-state index in [0.29, 0.717) is 5.56 Å². The van der Waals surface area contributed by atoms with Gasteiger partial charge in [-0.05, 0) is 53.9 Å². The van der Waals surface area contributed by atoms with Gasteiger partial charge >= 0.3 is 0 Å². The second kappa shape index (κ2) is 6.41. The Morgan fingerprint density at radius 2 is 2.00 bits per heavy atom. The van der Waals surface area contributed by atoms with Crippen LogP contribution in [0.3, 0.4) is 0 Å². The first-order chi connectivity index (χ1) is 10.8. The molecule has 22 heavy (non-hydrogen) atoms. The van der Waals surface area contributed by atoms with Gasteiger partial charge in [0.1, 0.15) is 5.75 Å². The molecule has 2 heterocycles. The molecule has 3 aromatic rings. The standard InChI is InChI=1S/C17H14N2O2S/c1-21-15-7-4-13(5-8-15)17(20)19-11-10-14(18-19)6-9-16-3-2-12-22-16/h2-12H,1H3/b9-6+. The van der Waals surface area contributed by atoms with Crippen molar-refractivity contribution in [2.24, 2.45) is 0 Å². The average Bonchev–Trinajstić information content (AvgIpc) is 3.24. The van der Waals surface area contributed by atoms with Crippen molar-refractivity contribution in [3.63, 3.8) is 0 Å². The van der Waals surface area contributed by atoms with E-state index in [2.05, 4.69) is 5.10 Å². The van der Waals surface area contributed by atoms with E-state index in [9.17, 15) is 4.79 Å². The fraction of sp³-hybridized carbons (Fsp3) is 0.0588. The highest BCUT2D eigenvalue weighted by Gasteiger charge is 2.09. The summed E-state index contributed by atoms with van der Waals surface area (Å²) in [5.74, 6) is 0.551. The third-order valence-corrected chi connectivity index (χ3v) is 3.95. The third kappa shape index (κ3) is 3.15. The van der Waals surface area contributed by atoms with Crippen LogP contribution in [0.15, 0.2) is 54.0 Å². The van der Waals surface area contributed by atoms with Gasteiger partial charge < -0.3 is 4.74 Å². The van der Waals surface area contributed by atoms with Crippen LogP contribution in [0.25, 0.3) is 12.2 Å². The topological polar surface area (TPSA) is 44.1 Å². The summed E-state index contributed by atoms with van der Waals surface area (Å²) in [5, 5.41) is 6.30. The number of methoxy groups -OCH3 is 1. The highest BCUT2D eigenvalue weighted by Crippen LogP contribution is 2.14. The molecule has 0 radical (unpaired) electrons. The number of rotatable bonds is 4. The number of nitrogens with zero attached hydrogens (tertiary/aromatic N) is 2. The normalized spacial score (nSPS) is 11.0. The largest absolute Gasteiger partial charge is 0.497 e. The Kier molecular flexibility index (Phi) is 4.16. The summed E-state index contributed by atoms with van der Waals surface area (Å²) < 4.78 is 6.43. The van der Waals surface area contributed by atoms with Crippen LogP contribution in [0.5, 0.6) is 5.75 Å². The molecule has 2 aromatic heterocycles. The predicted octanol–water partition coefficient (Wildman–Crippen LogP) is 3.81. The van der Waals surface area contributed by atoms with Crippen molar-refractivity contribution in [3.8, 4) is 5.75 Å². The molecule has 5 heteroatoms. The lowest BCUT2D eigenvalue weighted by Crippen LogP contribution is -2.12. The summed E-state index contributed by atoms with van der Waals surface area (Å²) in [6, 6.07) is 12.8. The lowest BCUT2D eigenvalue weighted by atomic mass is 10.2. The van der Waals surface area contributed by atoms with Crippen molar-refractivity contribution < 1.29 is 9.53 Å². The lowest BCUT2D eigenvalue weighted by molar-refractivity contribution is 0.0945. The van der Waals surface area contributed by atoms with E-state index in [1.165, 1.54) is 4.68 Å². The third-order valence-electron chi connectivity index (χ3n) is 3.12. The van der Waals surface area contributed by atoms with Crippen LogP contribution in [0.4, 0.5) is 0 Å². The van der Waals surface area contributed by atoms with Crippen LogP contribution in [0, 0.1) is 0 Å². The van der Waals surface area contributed by atoms with Gasteiger partial charge in [-0.1, -0.05) is 6.07 Å². The molecule has 0 saturated heterocycles. The maximum Gasteiger partial charge on any atom is 0.278 e. The first-order valence-electron chi connectivity index (χ1n) is 6.72. The second-order valence-corrected chi connectivity index (χ2v) is 5.55. The van der Waals surface area contributed by atoms with E-state index in [0.717, 1.165) is 16.3 Å². The zero-order valence-corrected chi connectivity index (χ0v) is 12.8. The van der Waals surface area contributed by atoms with E-state index in [1.54, 1.807) is 48.9 Å². The number of carbonyl (C=O) groups is 1. The molecule has 0 spiro atoms. The molecular weight excluding hydrogens is 296 g/mol. The molecule has 0 atom stereocenters. The highest BCUT2D eigenvalue weighted by atomic mass is 32.1. The maximum absolute atomic E-state index is 12.3. The van der Waals surface area contributed by atoms with Crippen LogP contribution < -0.4 is 4.74 Å². The average molecular weight is 310 g/mol. The Morgan fingerprint density at radius 3 is 2.68 bits per heavy atom. The minimum atomic E-state index is -0.168. The zero-order chi connectivity index (χ0) is 15.4. The Bertz CT molecular complexity index is 786. The van der Waals surface area contributed by atoms with Crippen LogP contribution in [0.2, 0.25) is 0 Å². The van der Waals surface area contributed by atoms with Gasteiger partial charge in [0.05, 0.1) is 12.8 Å². The second-order valence-electron chi connectivity index (χ2n) is 4.57. The molecule has 0 N–H and O–H groups in total. The van der Waals surface area contributed by atoms with Crippen molar-refractivity contribution in [2.75, 3.05) is 7.11 Å². The molecular formula is C17H14N2O2S. The number of hydrogen-bond donors (Lipinski definition) is 0. The zero-order valence-electron chi connectivity index (χ0n) is 12.0. The van der Waals surface area contributed by atoms with Gasteiger partial charge in [0, 0.05) is 16.6 Å². The van der Waals surface area contributed by atoms with Crippen molar-refractivity contribution in [1.29, 1.82) is 0 Å². The number of aromatic nitrogens is 2. The van der Waals surface area contributed by atoms with E-state index < -0.39 is 0 Å². The Balaban J connectivity index is 1.76. The van der Waals surface area contributed by atoms with Gasteiger partial charge in [0.2, 0.25) is 0 Å². The first-order valence-corrected chi connectivity index (χ1v) is 7.60. The molecule has 0 aliphatic rings. The van der Waals surface area contributed by atoms with Gasteiger partial charge in [-0.3, -0.25) is 4.79 Å². The summed E-state index contributed by atoms with van der Waals surface area (Å²) in [5.41, 5.74) is 1.31. The van der Waals surface area contributed by atoms with Crippen molar-refractivity contribution in [1.82, 2.24) is 9.78 Å². The SMILES string of the molecule is COc1ccc(C(=O)n2ccc(/C=C/c3cccs3)n2)cc1. The van der Waals surface area contributed by atoms with Gasteiger partial charge in [-0.15, -0.1) is 11.3 Å². The monoisotopic (exact) mass is 310 g/mol. The van der Waals surface area contributed by atoms with Gasteiger partial charge in [-0.2, -0.15) is 5.10 Å². The molecule has 0 saturated carbocycles. The summed E-state index contributed by atoms with van der Waals surface area (Å²) in [4.78, 5) is 13.5. The summed E-state index contributed by atoms with van der Waals surface area (Å²) in [7, 11) is 1.59. The fourth-order valence-electron chi connectivity index (χ4n) is 1.96. The first kappa shape index (κ1) is 14.3. The van der Waals surface area contributed by atoms with Crippen LogP contribution in [0.1, 0.15) is 20.9 Å². The number of thiophene rings is 1. The fourth-order valence-corrected chi connectivity index (χ4v) is 2.58. The van der Waals surface area contributed by atoms with Gasteiger partial charge in [0.25, 0.3) is 5.91 Å². The van der Waals surface area contributed by atoms with Crippen LogP contribution in [-0.4, -0.2) is 22.8 Å². The van der Waals surface area contributed by atoms with Gasteiger partial charge in [-0.25, -0.2) is 4.68 Å². The molecule has 110 valence electrons. The molecule has 0 fully saturated rings. The Labute approximate surface area is 132 Å². The molecule has 0 unspecified atom stereocenters. The predicted molar refractivity (Wildman–Crippen MR) is 88.2 cm³/mol. The van der Waals surface area contributed by atoms with E-state index in [1.807, 2.05) is 35.7 Å². The number of ether oxygens (including phenoxy) is 1. The number of hydrogen-bond acceptors (Lipinski definition) is 4. The molecule has 1 aromatic carbocycles. The Morgan fingerprint density at radius 1 is 1.18 bits per heavy atom. The van der Waals surface area contributed by atoms with Crippen LogP contribution >= 0.6 is 11.3 Å². The minimum Gasteiger partial charge on any atom is -0.497 e. The van der Waals surface area contributed by atoms with Crippen molar-refractivity contribution in [2.45, 2.75) is 0 Å². The minimum absolute atomic E-state index is 0.168. The molecule has 0 bridgehead atoms. The molecule has 0 aliphatic carbocycles. The van der Waals surface area contributed by atoms with E-state index in [-0.39, 0.29) is 5.91 Å². The quantitative estimate of drug-likeness (QED) is 0.736. The summed E-state index contributed by atoms with van der Waals surface area (Å²) in [6.07, 6.45) is 5.54. The number of benzene rings is 1. The molecule has 4 nitrogen and oxygen atoms in total. The lowest BCUT2D eigenvalue weighted by Gasteiger charge is -2.02. The van der Waals surface area contributed by atoms with E-state index >= 15 is 0 Å². The number of carbonyl (C=O) groups excluding carboxylic acids is 1. The highest BCUT2D eigenvalue weighted by molar-refractivity contribution is 7.10. The van der Waals surface area contributed by atoms with Gasteiger partial charge in [0.15, 0.2) is 0 Å². The van der Waals surface area contributed by atoms with Crippen molar-refractivity contribution in [3.05, 3.63) is 70.2 Å². The van der Waals surface area contributed by atoms with E-state index in [4.69, 9.17) is 4.74 Å². The molecule has 0 amide bonds. The van der Waals surface area contributed by atoms with Crippen molar-refractivity contribution >= 4 is 29.4 Å². The summed E-state index contributed by atoms with van der Waals surface area (Å²) in [6.45, 7) is 0. The van der Waals surface area contributed by atoms with Crippen LogP contribution in [-0.2, 0) is 0 Å². The molecule has 0 aliphatic heterocycles. The summed E-state index contributed by atoms with van der Waals surface area (Å²) >= 11 is 1.66. The smallest absolute Gasteiger partial charge is 0.278 e.